The number of fused-ring (bicyclic) bond motifs is 5. The van der Waals surface area contributed by atoms with E-state index in [4.69, 9.17) is 20.9 Å². The molecule has 1 saturated carbocycles. The molecule has 264 valence electrons. The summed E-state index contributed by atoms with van der Waals surface area (Å²) in [7, 11) is 0. The van der Waals surface area contributed by atoms with Crippen molar-refractivity contribution in [2.45, 2.75) is 68.7 Å². The van der Waals surface area contributed by atoms with E-state index in [0.29, 0.717) is 55.2 Å². The number of rotatable bonds is 7. The normalized spacial score (nSPS) is 25.8. The lowest BCUT2D eigenvalue weighted by Gasteiger charge is -2.41. The summed E-state index contributed by atoms with van der Waals surface area (Å²) in [6.07, 6.45) is 11.7. The third kappa shape index (κ3) is 5.46. The van der Waals surface area contributed by atoms with Crippen molar-refractivity contribution in [2.24, 2.45) is 5.92 Å². The molecule has 4 saturated heterocycles. The number of amides is 1. The third-order valence-electron chi connectivity index (χ3n) is 11.5. The highest BCUT2D eigenvalue weighted by molar-refractivity contribution is 6.03. The largest absolute Gasteiger partial charge is 0.508 e. The molecule has 6 heterocycles. The maximum Gasteiger partial charge on any atom is 0.410 e. The van der Waals surface area contributed by atoms with E-state index in [2.05, 4.69) is 20.8 Å². The zero-order chi connectivity index (χ0) is 35.0. The molecule has 2 aromatic carbocycles. The Labute approximate surface area is 292 Å². The molecule has 10 nitrogen and oxygen atoms in total. The number of halogens is 3. The molecule has 1 N–H and O–H groups in total. The van der Waals surface area contributed by atoms with Crippen LogP contribution in [0.2, 0.25) is 0 Å². The van der Waals surface area contributed by atoms with Gasteiger partial charge >= 0.3 is 12.1 Å². The van der Waals surface area contributed by atoms with Crippen LogP contribution in [-0.4, -0.2) is 99.1 Å². The molecule has 51 heavy (non-hydrogen) atoms. The lowest BCUT2D eigenvalue weighted by molar-refractivity contribution is 0.0752. The van der Waals surface area contributed by atoms with Gasteiger partial charge in [0, 0.05) is 43.2 Å². The minimum Gasteiger partial charge on any atom is -0.508 e. The van der Waals surface area contributed by atoms with Crippen LogP contribution >= 0.6 is 0 Å². The lowest BCUT2D eigenvalue weighted by Crippen LogP contribution is -2.56. The maximum absolute atomic E-state index is 17.0. The third-order valence-corrected chi connectivity index (χ3v) is 11.5. The number of phenols is 1. The van der Waals surface area contributed by atoms with Crippen LogP contribution in [0.3, 0.4) is 0 Å². The number of ether oxygens (including phenoxy) is 2. The molecule has 5 aliphatic rings. The number of carbonyl (C=O) groups excluding carboxylic acids is 1. The summed E-state index contributed by atoms with van der Waals surface area (Å²) in [5.41, 5.74) is -0.716. The number of benzene rings is 2. The highest BCUT2D eigenvalue weighted by Crippen LogP contribution is 2.43. The molecule has 9 rings (SSSR count). The van der Waals surface area contributed by atoms with Gasteiger partial charge in [0.2, 0.25) is 0 Å². The van der Waals surface area contributed by atoms with Crippen LogP contribution < -0.4 is 9.64 Å². The standard InChI is InChI=1S/C38H37F3N6O4/c1-2-27-30(40)9-6-22-12-26(48)13-28(31(22)27)33-32(41)34-29(15-42-33)35(44-36(43-34)51-20-38-10-3-11-46(38)16-23(39)14-38)45-17-24-7-8-25(18-45)47(24)37(49)50-19-21-4-5-21/h1,6,9,12-13,15,21,23-25,48H,3-5,7-8,10-11,14,16-20H2/t23-,24?,25?,38+/m1/s1. The van der Waals surface area contributed by atoms with Crippen molar-refractivity contribution in [1.29, 1.82) is 0 Å². The second kappa shape index (κ2) is 12.1. The molecule has 4 aromatic rings. The number of terminal acetylenes is 1. The SMILES string of the molecule is C#Cc1c(F)ccc2cc(O)cc(-c3ncc4c(N5CC6CCC(C5)N6C(=O)OCC5CC5)nc(OC[C@@]56CCCN5C[C@H](F)C6)nc4c3F)c12. The summed E-state index contributed by atoms with van der Waals surface area (Å²) in [6.45, 7) is 2.60. The second-order valence-electron chi connectivity index (χ2n) is 14.8. The molecule has 0 radical (unpaired) electrons. The number of nitrogens with zero attached hydrogens (tertiary/aromatic N) is 6. The van der Waals surface area contributed by atoms with Gasteiger partial charge in [-0.3, -0.25) is 14.8 Å². The average molecular weight is 699 g/mol. The molecule has 2 bridgehead atoms. The van der Waals surface area contributed by atoms with E-state index < -0.39 is 23.3 Å². The van der Waals surface area contributed by atoms with Crippen LogP contribution in [0.15, 0.2) is 30.5 Å². The fourth-order valence-electron chi connectivity index (χ4n) is 8.84. The Kier molecular flexibility index (Phi) is 7.65. The number of carbonyl (C=O) groups is 1. The van der Waals surface area contributed by atoms with Gasteiger partial charge in [0.15, 0.2) is 5.82 Å². The number of pyridine rings is 1. The van der Waals surface area contributed by atoms with Crippen molar-refractivity contribution in [3.05, 3.63) is 47.7 Å². The van der Waals surface area contributed by atoms with Crippen molar-refractivity contribution < 1.29 is 32.5 Å². The minimum atomic E-state index is -0.953. The predicted molar refractivity (Wildman–Crippen MR) is 183 cm³/mol. The average Bonchev–Trinajstić information content (AvgIpc) is 3.71. The van der Waals surface area contributed by atoms with Gasteiger partial charge in [-0.2, -0.15) is 9.97 Å². The molecule has 4 aliphatic heterocycles. The number of piperazine rings is 1. The second-order valence-corrected chi connectivity index (χ2v) is 14.8. The maximum atomic E-state index is 17.0. The summed E-state index contributed by atoms with van der Waals surface area (Å²) >= 11 is 0. The lowest BCUT2D eigenvalue weighted by atomic mass is 9.95. The number of alkyl halides is 1. The smallest absolute Gasteiger partial charge is 0.410 e. The first kappa shape index (κ1) is 32.1. The molecule has 5 fully saturated rings. The first-order chi connectivity index (χ1) is 24.7. The first-order valence-corrected chi connectivity index (χ1v) is 17.7. The van der Waals surface area contributed by atoms with E-state index in [1.807, 2.05) is 9.80 Å². The van der Waals surface area contributed by atoms with Gasteiger partial charge in [0.1, 0.15) is 41.4 Å². The Balaban J connectivity index is 1.13. The summed E-state index contributed by atoms with van der Waals surface area (Å²) in [5, 5.41) is 11.6. The quantitative estimate of drug-likeness (QED) is 0.234. The monoisotopic (exact) mass is 698 g/mol. The zero-order valence-electron chi connectivity index (χ0n) is 28.0. The summed E-state index contributed by atoms with van der Waals surface area (Å²) in [4.78, 5) is 33.0. The minimum absolute atomic E-state index is 0.0631. The molecular formula is C38H37F3N6O4. The summed E-state index contributed by atoms with van der Waals surface area (Å²) in [6, 6.07) is 5.09. The van der Waals surface area contributed by atoms with Crippen molar-refractivity contribution in [1.82, 2.24) is 24.8 Å². The van der Waals surface area contributed by atoms with Crippen LogP contribution in [0.1, 0.15) is 50.5 Å². The van der Waals surface area contributed by atoms with E-state index >= 15 is 4.39 Å². The van der Waals surface area contributed by atoms with Crippen molar-refractivity contribution >= 4 is 33.6 Å². The van der Waals surface area contributed by atoms with Gasteiger partial charge in [-0.05, 0) is 74.6 Å². The van der Waals surface area contributed by atoms with Crippen molar-refractivity contribution in [2.75, 3.05) is 44.3 Å². The van der Waals surface area contributed by atoms with Crippen LogP contribution in [-0.2, 0) is 4.74 Å². The molecule has 2 unspecified atom stereocenters. The predicted octanol–water partition coefficient (Wildman–Crippen LogP) is 5.96. The fourth-order valence-corrected chi connectivity index (χ4v) is 8.84. The van der Waals surface area contributed by atoms with Gasteiger partial charge in [-0.25, -0.2) is 18.0 Å². The Hall–Kier alpha value is -4.83. The van der Waals surface area contributed by atoms with Gasteiger partial charge in [0.25, 0.3) is 0 Å². The van der Waals surface area contributed by atoms with Gasteiger partial charge < -0.3 is 19.5 Å². The van der Waals surface area contributed by atoms with Crippen LogP contribution in [0.25, 0.3) is 32.9 Å². The fraction of sp³-hybridized carbons (Fsp3) is 0.474. The van der Waals surface area contributed by atoms with Crippen LogP contribution in [0.4, 0.5) is 23.8 Å². The number of aromatic hydroxyl groups is 1. The van der Waals surface area contributed by atoms with E-state index in [9.17, 15) is 18.7 Å². The zero-order valence-corrected chi connectivity index (χ0v) is 28.0. The molecule has 1 aliphatic carbocycles. The Morgan fingerprint density at radius 1 is 1.10 bits per heavy atom. The van der Waals surface area contributed by atoms with Gasteiger partial charge in [-0.1, -0.05) is 12.0 Å². The highest BCUT2D eigenvalue weighted by Gasteiger charge is 2.50. The molecule has 1 amide bonds. The van der Waals surface area contributed by atoms with Crippen molar-refractivity contribution in [3.8, 4) is 35.4 Å². The van der Waals surface area contributed by atoms with E-state index in [0.717, 1.165) is 45.1 Å². The summed E-state index contributed by atoms with van der Waals surface area (Å²) in [5.74, 6) is 1.57. The Morgan fingerprint density at radius 3 is 2.67 bits per heavy atom. The van der Waals surface area contributed by atoms with E-state index in [1.54, 1.807) is 0 Å². The molecule has 13 heteroatoms. The number of hydrogen-bond donors (Lipinski definition) is 1. The van der Waals surface area contributed by atoms with Gasteiger partial charge in [-0.15, -0.1) is 6.42 Å². The Morgan fingerprint density at radius 2 is 1.90 bits per heavy atom. The number of hydrogen-bond acceptors (Lipinski definition) is 9. The molecule has 0 spiro atoms. The number of aromatic nitrogens is 3. The Bertz CT molecular complexity index is 2110. The van der Waals surface area contributed by atoms with Crippen LogP contribution in [0.5, 0.6) is 11.8 Å². The first-order valence-electron chi connectivity index (χ1n) is 17.7. The molecule has 2 aromatic heterocycles. The number of phenolic OH excluding ortho intramolecular Hbond substituents is 1. The summed E-state index contributed by atoms with van der Waals surface area (Å²) < 4.78 is 58.4. The van der Waals surface area contributed by atoms with E-state index in [-0.39, 0.29) is 64.3 Å². The van der Waals surface area contributed by atoms with Crippen molar-refractivity contribution in [3.63, 3.8) is 0 Å². The molecule has 4 atom stereocenters. The topological polar surface area (TPSA) is 104 Å². The van der Waals surface area contributed by atoms with E-state index in [1.165, 1.54) is 30.5 Å². The highest BCUT2D eigenvalue weighted by atomic mass is 19.1. The number of anilines is 1. The molecular weight excluding hydrogens is 661 g/mol. The van der Waals surface area contributed by atoms with Gasteiger partial charge in [0.05, 0.1) is 35.2 Å². The van der Waals surface area contributed by atoms with Crippen LogP contribution in [0, 0.1) is 29.9 Å².